The molecule has 6 nitrogen and oxygen atoms in total. The van der Waals surface area contributed by atoms with Gasteiger partial charge in [0.25, 0.3) is 0 Å². The molecule has 0 saturated carbocycles. The minimum Gasteiger partial charge on any atom is -0.256 e. The predicted molar refractivity (Wildman–Crippen MR) is 271 cm³/mol. The van der Waals surface area contributed by atoms with Crippen molar-refractivity contribution in [2.45, 2.75) is 11.8 Å². The molecule has 0 fully saturated rings. The Hall–Kier alpha value is -9.00. The lowest BCUT2D eigenvalue weighted by Gasteiger charge is -2.42. The van der Waals surface area contributed by atoms with Crippen LogP contribution in [-0.4, -0.2) is 29.9 Å². The van der Waals surface area contributed by atoms with Gasteiger partial charge in [0, 0.05) is 57.0 Å². The van der Waals surface area contributed by atoms with Crippen molar-refractivity contribution in [2.75, 3.05) is 0 Å². The largest absolute Gasteiger partial charge is 0.256 e. The fourth-order valence-electron chi connectivity index (χ4n) is 10.1. The molecule has 3 aliphatic rings. The topological polar surface area (TPSA) is 77.3 Å². The summed E-state index contributed by atoms with van der Waals surface area (Å²) in [6.45, 7) is 0. The van der Waals surface area contributed by atoms with Crippen molar-refractivity contribution in [1.29, 1.82) is 0 Å². The zero-order chi connectivity index (χ0) is 45.0. The van der Waals surface area contributed by atoms with Gasteiger partial charge in [0.05, 0.1) is 17.1 Å². The van der Waals surface area contributed by atoms with Crippen LogP contribution in [0.3, 0.4) is 0 Å². The Morgan fingerprint density at radius 3 is 1.19 bits per heavy atom. The van der Waals surface area contributed by atoms with Crippen LogP contribution in [0.4, 0.5) is 0 Å². The first kappa shape index (κ1) is 39.4. The lowest BCUT2D eigenvalue weighted by atomic mass is 9.60. The first-order valence-electron chi connectivity index (χ1n) is 23.0. The number of aromatic nitrogens is 6. The van der Waals surface area contributed by atoms with Crippen LogP contribution in [0.5, 0.6) is 0 Å². The fourth-order valence-corrected chi connectivity index (χ4v) is 10.1. The first-order chi connectivity index (χ1) is 33.7. The van der Waals surface area contributed by atoms with Gasteiger partial charge in [0.1, 0.15) is 0 Å². The van der Waals surface area contributed by atoms with E-state index in [0.717, 1.165) is 61.6 Å². The highest BCUT2D eigenvalue weighted by Gasteiger charge is 2.41. The Morgan fingerprint density at radius 2 is 0.632 bits per heavy atom. The van der Waals surface area contributed by atoms with E-state index in [0.29, 0.717) is 23.3 Å². The van der Waals surface area contributed by atoms with Crippen LogP contribution in [0.1, 0.15) is 45.2 Å². The molecular weight excluding hydrogens is 829 g/mol. The molecule has 3 heterocycles. The Labute approximate surface area is 394 Å². The minimum atomic E-state index is 0.0806. The van der Waals surface area contributed by atoms with E-state index in [1.165, 1.54) is 38.9 Å². The second-order valence-electron chi connectivity index (χ2n) is 17.4. The molecule has 0 saturated heterocycles. The molecule has 68 heavy (non-hydrogen) atoms. The zero-order valence-electron chi connectivity index (χ0n) is 36.8. The van der Waals surface area contributed by atoms with Crippen LogP contribution >= 0.6 is 0 Å². The van der Waals surface area contributed by atoms with Gasteiger partial charge in [0.2, 0.25) is 0 Å². The summed E-state index contributed by atoms with van der Waals surface area (Å²) in [6, 6.07) is 78.7. The second-order valence-corrected chi connectivity index (χ2v) is 17.4. The summed E-state index contributed by atoms with van der Waals surface area (Å²) in [6.07, 6.45) is 1.83. The number of nitrogens with zero attached hydrogens (tertiary/aromatic N) is 6. The van der Waals surface area contributed by atoms with Crippen LogP contribution < -0.4 is 0 Å². The van der Waals surface area contributed by atoms with Gasteiger partial charge in [-0.15, -0.1) is 0 Å². The summed E-state index contributed by atoms with van der Waals surface area (Å²) in [5.41, 5.74) is 20.0. The van der Waals surface area contributed by atoms with E-state index < -0.39 is 0 Å². The van der Waals surface area contributed by atoms with Gasteiger partial charge in [-0.25, -0.2) is 24.9 Å². The summed E-state index contributed by atoms with van der Waals surface area (Å²) >= 11 is 0. The van der Waals surface area contributed by atoms with Gasteiger partial charge in [-0.1, -0.05) is 188 Å². The predicted octanol–water partition coefficient (Wildman–Crippen LogP) is 14.4. The molecule has 0 N–H and O–H groups in total. The van der Waals surface area contributed by atoms with E-state index >= 15 is 0 Å². The summed E-state index contributed by atoms with van der Waals surface area (Å²) in [5, 5.41) is 0. The van der Waals surface area contributed by atoms with Crippen LogP contribution in [0, 0.1) is 0 Å². The van der Waals surface area contributed by atoms with Crippen molar-refractivity contribution in [3.05, 3.63) is 264 Å². The maximum Gasteiger partial charge on any atom is 0.164 e. The van der Waals surface area contributed by atoms with Crippen molar-refractivity contribution in [3.63, 3.8) is 0 Å². The summed E-state index contributed by atoms with van der Waals surface area (Å²) < 4.78 is 0. The normalized spacial score (nSPS) is 14.2. The average Bonchev–Trinajstić information content (AvgIpc) is 3.43. The van der Waals surface area contributed by atoms with E-state index in [4.69, 9.17) is 24.9 Å². The molecule has 0 spiro atoms. The van der Waals surface area contributed by atoms with E-state index in [1.807, 2.05) is 79.0 Å². The minimum absolute atomic E-state index is 0.0806. The van der Waals surface area contributed by atoms with Gasteiger partial charge < -0.3 is 0 Å². The maximum atomic E-state index is 5.14. The number of pyridine rings is 1. The Kier molecular flexibility index (Phi) is 9.53. The van der Waals surface area contributed by atoms with E-state index in [2.05, 4.69) is 157 Å². The lowest BCUT2D eigenvalue weighted by molar-refractivity contribution is 0.755. The first-order valence-corrected chi connectivity index (χ1v) is 23.0. The van der Waals surface area contributed by atoms with E-state index in [9.17, 15) is 0 Å². The highest BCUT2D eigenvalue weighted by molar-refractivity contribution is 5.79. The van der Waals surface area contributed by atoms with Crippen molar-refractivity contribution in [1.82, 2.24) is 29.9 Å². The Morgan fingerprint density at radius 1 is 0.221 bits per heavy atom. The molecule has 8 aromatic carbocycles. The second kappa shape index (κ2) is 16.5. The number of rotatable bonds is 8. The SMILES string of the molecule is c1ccc(-c2nc(-c3ccc(-c4ccc5c(c4)C4c6ccccc6C5c5cc(-c6nc(-c7ccccc7)nc(-c7ccccc7)n6)ccc54)cc3)cc(-c3cccc(-c4ccccn4)c3)n2)cc1. The van der Waals surface area contributed by atoms with Crippen molar-refractivity contribution in [3.8, 4) is 90.5 Å². The van der Waals surface area contributed by atoms with Crippen molar-refractivity contribution >= 4 is 0 Å². The molecule has 0 aliphatic heterocycles. The monoisotopic (exact) mass is 868 g/mol. The van der Waals surface area contributed by atoms with Crippen molar-refractivity contribution in [2.24, 2.45) is 0 Å². The number of benzene rings is 8. The molecule has 3 aliphatic carbocycles. The molecule has 0 radical (unpaired) electrons. The average molecular weight is 869 g/mol. The van der Waals surface area contributed by atoms with E-state index in [1.54, 1.807) is 0 Å². The molecule has 14 rings (SSSR count). The quantitative estimate of drug-likeness (QED) is 0.151. The third kappa shape index (κ3) is 6.98. The molecule has 2 bridgehead atoms. The molecule has 6 heteroatoms. The summed E-state index contributed by atoms with van der Waals surface area (Å²) in [5.74, 6) is 2.85. The molecule has 2 atom stereocenters. The molecule has 2 unspecified atom stereocenters. The van der Waals surface area contributed by atoms with Gasteiger partial charge in [-0.3, -0.25) is 4.98 Å². The van der Waals surface area contributed by atoms with Gasteiger partial charge in [-0.2, -0.15) is 0 Å². The van der Waals surface area contributed by atoms with Gasteiger partial charge in [0.15, 0.2) is 23.3 Å². The van der Waals surface area contributed by atoms with Crippen LogP contribution in [0.25, 0.3) is 90.5 Å². The number of hydrogen-bond acceptors (Lipinski definition) is 6. The standard InChI is InChI=1S/C62H40N6/c1-4-15-41(16-5-1)59-64-55(38-56(65-59)46-22-14-21-45(35-46)54-25-12-13-34-63-54)40-28-26-39(27-29-40)44-30-32-50-52(36-44)57-48-23-10-11-24-49(48)58(50)53-37-47(31-33-51(53)57)62-67-60(42-17-6-2-7-18-42)66-61(68-62)43-19-8-3-9-20-43/h1-38,57-58H. The van der Waals surface area contributed by atoms with Crippen LogP contribution in [0.15, 0.2) is 231 Å². The van der Waals surface area contributed by atoms with Crippen LogP contribution in [0.2, 0.25) is 0 Å². The van der Waals surface area contributed by atoms with Gasteiger partial charge in [-0.05, 0) is 80.9 Å². The third-order valence-corrected chi connectivity index (χ3v) is 13.4. The zero-order valence-corrected chi connectivity index (χ0v) is 36.8. The molecule has 3 aromatic heterocycles. The summed E-state index contributed by atoms with van der Waals surface area (Å²) in [4.78, 5) is 30.0. The fraction of sp³-hybridized carbons (Fsp3) is 0.0323. The molecule has 0 amide bonds. The lowest BCUT2D eigenvalue weighted by Crippen LogP contribution is -2.27. The summed E-state index contributed by atoms with van der Waals surface area (Å²) in [7, 11) is 0. The third-order valence-electron chi connectivity index (χ3n) is 13.4. The smallest absolute Gasteiger partial charge is 0.164 e. The molecule has 318 valence electrons. The highest BCUT2D eigenvalue weighted by atomic mass is 15.0. The Bertz CT molecular complexity index is 3610. The van der Waals surface area contributed by atoms with Crippen molar-refractivity contribution < 1.29 is 0 Å². The number of hydrogen-bond donors (Lipinski definition) is 0. The Balaban J connectivity index is 0.859. The maximum absolute atomic E-state index is 5.14. The molecular formula is C62H40N6. The van der Waals surface area contributed by atoms with E-state index in [-0.39, 0.29) is 11.8 Å². The highest BCUT2D eigenvalue weighted by Crippen LogP contribution is 2.56. The molecule has 11 aromatic rings. The van der Waals surface area contributed by atoms with Crippen LogP contribution in [-0.2, 0) is 0 Å². The van der Waals surface area contributed by atoms with Gasteiger partial charge >= 0.3 is 0 Å².